The van der Waals surface area contributed by atoms with Crippen LogP contribution in [0.5, 0.6) is 0 Å². The molecule has 0 amide bonds. The first-order valence-electron chi connectivity index (χ1n) is 7.37. The van der Waals surface area contributed by atoms with Gasteiger partial charge in [-0.1, -0.05) is 6.07 Å². The predicted octanol–water partition coefficient (Wildman–Crippen LogP) is 0.830. The lowest BCUT2D eigenvalue weighted by molar-refractivity contribution is 0.195. The molecule has 0 unspecified atom stereocenters. The number of hydrogen-bond donors (Lipinski definition) is 2. The summed E-state index contributed by atoms with van der Waals surface area (Å²) in [5, 5.41) is 6.48. The molecule has 1 rings (SSSR count). The molecule has 1 aromatic heterocycles. The molecule has 0 saturated carbocycles. The fourth-order valence-electron chi connectivity index (χ4n) is 1.90. The lowest BCUT2D eigenvalue weighted by Crippen LogP contribution is -2.38. The molecule has 0 bridgehead atoms. The Labute approximate surface area is 126 Å². The average molecular weight is 294 g/mol. The molecule has 0 aliphatic heterocycles. The Kier molecular flexibility index (Phi) is 8.95. The molecule has 0 spiro atoms. The molecule has 1 aromatic rings. The maximum absolute atomic E-state index is 11.5. The highest BCUT2D eigenvalue weighted by Gasteiger charge is 1.97. The number of aromatic nitrogens is 1. The molecule has 0 aliphatic carbocycles. The van der Waals surface area contributed by atoms with Crippen LogP contribution in [-0.4, -0.2) is 44.4 Å². The molecule has 118 valence electrons. The van der Waals surface area contributed by atoms with Crippen LogP contribution < -0.4 is 16.2 Å². The number of methoxy groups -OCH3 is 1. The van der Waals surface area contributed by atoms with E-state index in [0.29, 0.717) is 0 Å². The van der Waals surface area contributed by atoms with E-state index in [1.807, 2.05) is 12.3 Å². The van der Waals surface area contributed by atoms with Crippen molar-refractivity contribution in [2.24, 2.45) is 4.99 Å². The Morgan fingerprint density at radius 3 is 2.67 bits per heavy atom. The third kappa shape index (κ3) is 7.51. The lowest BCUT2D eigenvalue weighted by Gasteiger charge is -2.11. The molecular weight excluding hydrogens is 268 g/mol. The Balaban J connectivity index is 2.12. The van der Waals surface area contributed by atoms with E-state index in [1.54, 1.807) is 30.9 Å². The third-order valence-corrected chi connectivity index (χ3v) is 3.06. The quantitative estimate of drug-likeness (QED) is 0.402. The van der Waals surface area contributed by atoms with Crippen molar-refractivity contribution >= 4 is 5.96 Å². The molecule has 6 nitrogen and oxygen atoms in total. The van der Waals surface area contributed by atoms with Gasteiger partial charge in [0.25, 0.3) is 0 Å². The number of aliphatic imine (C=N–C) groups is 1. The summed E-state index contributed by atoms with van der Waals surface area (Å²) < 4.78 is 6.73. The van der Waals surface area contributed by atoms with Crippen LogP contribution in [0.2, 0.25) is 0 Å². The first-order chi connectivity index (χ1) is 10.3. The zero-order valence-corrected chi connectivity index (χ0v) is 13.0. The second kappa shape index (κ2) is 10.9. The average Bonchev–Trinajstić information content (AvgIpc) is 2.50. The van der Waals surface area contributed by atoms with Gasteiger partial charge >= 0.3 is 0 Å². The summed E-state index contributed by atoms with van der Waals surface area (Å²) in [6, 6.07) is 5.23. The van der Waals surface area contributed by atoms with Gasteiger partial charge in [-0.25, -0.2) is 0 Å². The molecule has 0 aliphatic rings. The third-order valence-electron chi connectivity index (χ3n) is 3.06. The number of nitrogens with one attached hydrogen (secondary N) is 2. The van der Waals surface area contributed by atoms with Gasteiger partial charge < -0.3 is 19.9 Å². The van der Waals surface area contributed by atoms with Crippen LogP contribution in [0, 0.1) is 0 Å². The highest BCUT2D eigenvalue weighted by molar-refractivity contribution is 5.79. The number of rotatable bonds is 9. The van der Waals surface area contributed by atoms with E-state index < -0.39 is 0 Å². The highest BCUT2D eigenvalue weighted by atomic mass is 16.5. The molecule has 0 saturated heterocycles. The molecule has 1 heterocycles. The topological polar surface area (TPSA) is 67.7 Å². The number of hydrogen-bond acceptors (Lipinski definition) is 3. The SMILES string of the molecule is CN=C(NCCCCn1ccccc1=O)NCCCOC. The van der Waals surface area contributed by atoms with E-state index in [0.717, 1.165) is 51.5 Å². The summed E-state index contributed by atoms with van der Waals surface area (Å²) in [6.45, 7) is 3.18. The molecule has 2 N–H and O–H groups in total. The van der Waals surface area contributed by atoms with Crippen LogP contribution in [0.4, 0.5) is 0 Å². The van der Waals surface area contributed by atoms with Crippen molar-refractivity contribution in [1.82, 2.24) is 15.2 Å². The maximum atomic E-state index is 11.5. The first kappa shape index (κ1) is 17.2. The minimum absolute atomic E-state index is 0.0566. The lowest BCUT2D eigenvalue weighted by atomic mass is 10.3. The molecule has 0 aromatic carbocycles. The molecule has 6 heteroatoms. The summed E-state index contributed by atoms with van der Waals surface area (Å²) in [5.41, 5.74) is 0.0566. The zero-order chi connectivity index (χ0) is 15.3. The molecule has 0 fully saturated rings. The highest BCUT2D eigenvalue weighted by Crippen LogP contribution is 1.92. The van der Waals surface area contributed by atoms with E-state index in [1.165, 1.54) is 0 Å². The fraction of sp³-hybridized carbons (Fsp3) is 0.600. The predicted molar refractivity (Wildman–Crippen MR) is 85.8 cm³/mol. The Bertz CT molecular complexity index is 471. The van der Waals surface area contributed by atoms with Gasteiger partial charge in [-0.2, -0.15) is 0 Å². The van der Waals surface area contributed by atoms with Crippen molar-refractivity contribution in [3.63, 3.8) is 0 Å². The minimum atomic E-state index is 0.0566. The number of guanidine groups is 1. The Morgan fingerprint density at radius 1 is 1.24 bits per heavy atom. The van der Waals surface area contributed by atoms with E-state index >= 15 is 0 Å². The van der Waals surface area contributed by atoms with Gasteiger partial charge in [0, 0.05) is 52.7 Å². The van der Waals surface area contributed by atoms with Crippen LogP contribution in [0.25, 0.3) is 0 Å². The normalized spacial score (nSPS) is 11.4. The van der Waals surface area contributed by atoms with Crippen LogP contribution in [0.1, 0.15) is 19.3 Å². The minimum Gasteiger partial charge on any atom is -0.385 e. The van der Waals surface area contributed by atoms with E-state index in [2.05, 4.69) is 15.6 Å². The number of ether oxygens (including phenoxy) is 1. The van der Waals surface area contributed by atoms with Crippen molar-refractivity contribution in [2.75, 3.05) is 33.9 Å². The molecule has 0 atom stereocenters. The van der Waals surface area contributed by atoms with Crippen molar-refractivity contribution in [1.29, 1.82) is 0 Å². The van der Waals surface area contributed by atoms with E-state index in [9.17, 15) is 4.79 Å². The van der Waals surface area contributed by atoms with Gasteiger partial charge in [0.2, 0.25) is 5.56 Å². The molecular formula is C15H26N4O2. The van der Waals surface area contributed by atoms with Gasteiger partial charge in [0.05, 0.1) is 0 Å². The van der Waals surface area contributed by atoms with Crippen molar-refractivity contribution in [3.05, 3.63) is 34.7 Å². The first-order valence-corrected chi connectivity index (χ1v) is 7.37. The zero-order valence-electron chi connectivity index (χ0n) is 13.0. The fourth-order valence-corrected chi connectivity index (χ4v) is 1.90. The number of aryl methyl sites for hydroxylation is 1. The van der Waals surface area contributed by atoms with Crippen molar-refractivity contribution in [3.8, 4) is 0 Å². The number of pyridine rings is 1. The summed E-state index contributed by atoms with van der Waals surface area (Å²) in [5.74, 6) is 0.808. The summed E-state index contributed by atoms with van der Waals surface area (Å²) in [6.07, 6.45) is 4.72. The van der Waals surface area contributed by atoms with Crippen molar-refractivity contribution < 1.29 is 4.74 Å². The van der Waals surface area contributed by atoms with Gasteiger partial charge in [0.15, 0.2) is 5.96 Å². The maximum Gasteiger partial charge on any atom is 0.250 e. The largest absolute Gasteiger partial charge is 0.385 e. The Hall–Kier alpha value is -1.82. The molecule has 0 radical (unpaired) electrons. The number of unbranched alkanes of at least 4 members (excludes halogenated alkanes) is 1. The standard InChI is InChI=1S/C15H26N4O2/c1-16-15(18-10-7-13-21-2)17-9-4-6-12-19-11-5-3-8-14(19)20/h3,5,8,11H,4,6-7,9-10,12-13H2,1-2H3,(H2,16,17,18). The van der Waals surface area contributed by atoms with Gasteiger partial charge in [0.1, 0.15) is 0 Å². The smallest absolute Gasteiger partial charge is 0.250 e. The number of nitrogens with zero attached hydrogens (tertiary/aromatic N) is 2. The molecule has 21 heavy (non-hydrogen) atoms. The van der Waals surface area contributed by atoms with Gasteiger partial charge in [-0.15, -0.1) is 0 Å². The van der Waals surface area contributed by atoms with Crippen LogP contribution >= 0.6 is 0 Å². The van der Waals surface area contributed by atoms with Crippen LogP contribution in [0.3, 0.4) is 0 Å². The summed E-state index contributed by atoms with van der Waals surface area (Å²) >= 11 is 0. The summed E-state index contributed by atoms with van der Waals surface area (Å²) in [4.78, 5) is 15.7. The summed E-state index contributed by atoms with van der Waals surface area (Å²) in [7, 11) is 3.46. The van der Waals surface area contributed by atoms with Gasteiger partial charge in [-0.05, 0) is 25.3 Å². The van der Waals surface area contributed by atoms with Crippen LogP contribution in [-0.2, 0) is 11.3 Å². The van der Waals surface area contributed by atoms with Gasteiger partial charge in [-0.3, -0.25) is 9.79 Å². The van der Waals surface area contributed by atoms with E-state index in [4.69, 9.17) is 4.74 Å². The Morgan fingerprint density at radius 2 is 2.00 bits per heavy atom. The van der Waals surface area contributed by atoms with Crippen LogP contribution in [0.15, 0.2) is 34.2 Å². The monoisotopic (exact) mass is 294 g/mol. The second-order valence-corrected chi connectivity index (χ2v) is 4.71. The second-order valence-electron chi connectivity index (χ2n) is 4.71. The van der Waals surface area contributed by atoms with Crippen molar-refractivity contribution in [2.45, 2.75) is 25.8 Å². The van der Waals surface area contributed by atoms with E-state index in [-0.39, 0.29) is 5.56 Å².